The van der Waals surface area contributed by atoms with Gasteiger partial charge in [0.2, 0.25) is 5.43 Å². The number of nitrogens with one attached hydrogen (secondary N) is 1. The van der Waals surface area contributed by atoms with E-state index in [1.807, 2.05) is 0 Å². The summed E-state index contributed by atoms with van der Waals surface area (Å²) in [4.78, 5) is 28.4. The summed E-state index contributed by atoms with van der Waals surface area (Å²) in [6, 6.07) is 7.18. The Bertz CT molecular complexity index is 728. The van der Waals surface area contributed by atoms with Gasteiger partial charge >= 0.3 is 0 Å². The van der Waals surface area contributed by atoms with Gasteiger partial charge in [-0.2, -0.15) is 5.10 Å². The lowest BCUT2D eigenvalue weighted by atomic mass is 10.2. The van der Waals surface area contributed by atoms with Crippen LogP contribution in [0, 0.1) is 12.7 Å². The van der Waals surface area contributed by atoms with E-state index >= 15 is 0 Å². The summed E-state index contributed by atoms with van der Waals surface area (Å²) in [5.74, 6) is -1.28. The number of aryl methyl sites for hydroxylation is 1. The fourth-order valence-electron chi connectivity index (χ4n) is 1.76. The Morgan fingerprint density at radius 3 is 2.81 bits per heavy atom. The predicted molar refractivity (Wildman–Crippen MR) is 73.6 cm³/mol. The Kier molecular flexibility index (Phi) is 4.44. The molecule has 2 rings (SSSR count). The van der Waals surface area contributed by atoms with E-state index in [0.29, 0.717) is 5.69 Å². The number of carbonyl (C=O) groups is 1. The molecule has 7 heteroatoms. The molecule has 0 atom stereocenters. The number of rotatable bonds is 4. The third-order valence-electron chi connectivity index (χ3n) is 2.71. The summed E-state index contributed by atoms with van der Waals surface area (Å²) in [6.07, 6.45) is 0. The Labute approximate surface area is 120 Å². The van der Waals surface area contributed by atoms with Crippen molar-refractivity contribution in [2.75, 3.05) is 6.61 Å². The largest absolute Gasteiger partial charge is 0.299 e. The first-order chi connectivity index (χ1) is 10.0. The van der Waals surface area contributed by atoms with Crippen LogP contribution in [0.4, 0.5) is 4.39 Å². The highest BCUT2D eigenvalue weighted by Crippen LogP contribution is 2.12. The minimum atomic E-state index is -0.771. The Morgan fingerprint density at radius 1 is 1.43 bits per heavy atom. The Hall–Kier alpha value is -2.54. The molecular formula is C14H14FN3O3. The second-order valence-corrected chi connectivity index (χ2v) is 4.23. The van der Waals surface area contributed by atoms with Crippen molar-refractivity contribution in [1.82, 2.24) is 15.3 Å². The van der Waals surface area contributed by atoms with Crippen LogP contribution in [0.2, 0.25) is 0 Å². The smallest absolute Gasteiger partial charge is 0.287 e. The Morgan fingerprint density at radius 2 is 2.14 bits per heavy atom. The third-order valence-corrected chi connectivity index (χ3v) is 2.71. The van der Waals surface area contributed by atoms with Crippen molar-refractivity contribution in [3.63, 3.8) is 0 Å². The van der Waals surface area contributed by atoms with E-state index in [1.54, 1.807) is 26.0 Å². The van der Waals surface area contributed by atoms with Crippen LogP contribution in [0.25, 0.3) is 5.69 Å². The van der Waals surface area contributed by atoms with Gasteiger partial charge in [-0.25, -0.2) is 14.6 Å². The standard InChI is InChI=1S/C14H14FN3O3/c1-3-21-17-14(20)13-12(19)8-9(2)18(16-13)11-7-5-4-6-10(11)15/h4-8H,3H2,1-2H3,(H,17,20). The van der Waals surface area contributed by atoms with E-state index in [2.05, 4.69) is 10.6 Å². The molecule has 1 heterocycles. The van der Waals surface area contributed by atoms with Crippen LogP contribution < -0.4 is 10.9 Å². The van der Waals surface area contributed by atoms with Crippen LogP contribution in [-0.2, 0) is 4.84 Å². The Balaban J connectivity index is 2.51. The zero-order valence-corrected chi connectivity index (χ0v) is 11.6. The average molecular weight is 291 g/mol. The van der Waals surface area contributed by atoms with E-state index in [1.165, 1.54) is 22.9 Å². The molecule has 1 N–H and O–H groups in total. The van der Waals surface area contributed by atoms with Crippen molar-refractivity contribution in [2.24, 2.45) is 0 Å². The van der Waals surface area contributed by atoms with Crippen molar-refractivity contribution < 1.29 is 14.0 Å². The third kappa shape index (κ3) is 3.14. The predicted octanol–water partition coefficient (Wildman–Crippen LogP) is 1.36. The molecular weight excluding hydrogens is 277 g/mol. The second kappa shape index (κ2) is 6.27. The van der Waals surface area contributed by atoms with Crippen LogP contribution in [0.15, 0.2) is 35.1 Å². The quantitative estimate of drug-likeness (QED) is 0.863. The molecule has 0 spiro atoms. The first-order valence-corrected chi connectivity index (χ1v) is 6.32. The van der Waals surface area contributed by atoms with Crippen LogP contribution in [-0.4, -0.2) is 22.3 Å². The highest BCUT2D eigenvalue weighted by molar-refractivity contribution is 5.91. The second-order valence-electron chi connectivity index (χ2n) is 4.23. The number of hydroxylamine groups is 1. The van der Waals surface area contributed by atoms with Crippen LogP contribution in [0.3, 0.4) is 0 Å². The number of amides is 1. The lowest BCUT2D eigenvalue weighted by molar-refractivity contribution is 0.0357. The number of carbonyl (C=O) groups excluding carboxylic acids is 1. The summed E-state index contributed by atoms with van der Waals surface area (Å²) < 4.78 is 15.0. The van der Waals surface area contributed by atoms with Gasteiger partial charge < -0.3 is 0 Å². The fraction of sp³-hybridized carbons (Fsp3) is 0.214. The fourth-order valence-corrected chi connectivity index (χ4v) is 1.76. The number of hydrogen-bond donors (Lipinski definition) is 1. The van der Waals surface area contributed by atoms with Crippen molar-refractivity contribution in [3.05, 3.63) is 57.8 Å². The molecule has 0 aliphatic carbocycles. The van der Waals surface area contributed by atoms with E-state index < -0.39 is 17.2 Å². The van der Waals surface area contributed by atoms with Gasteiger partial charge in [-0.05, 0) is 26.0 Å². The zero-order valence-electron chi connectivity index (χ0n) is 11.6. The van der Waals surface area contributed by atoms with Crippen molar-refractivity contribution in [2.45, 2.75) is 13.8 Å². The molecule has 1 aromatic heterocycles. The van der Waals surface area contributed by atoms with Gasteiger partial charge in [-0.1, -0.05) is 12.1 Å². The topological polar surface area (TPSA) is 73.2 Å². The van der Waals surface area contributed by atoms with Gasteiger partial charge in [0, 0.05) is 11.8 Å². The van der Waals surface area contributed by atoms with Gasteiger partial charge in [0.05, 0.1) is 6.61 Å². The first-order valence-electron chi connectivity index (χ1n) is 6.32. The molecule has 2 aromatic rings. The highest BCUT2D eigenvalue weighted by Gasteiger charge is 2.16. The normalized spacial score (nSPS) is 10.4. The number of benzene rings is 1. The van der Waals surface area contributed by atoms with Gasteiger partial charge in [0.15, 0.2) is 5.69 Å². The van der Waals surface area contributed by atoms with Crippen LogP contribution in [0.5, 0.6) is 0 Å². The van der Waals surface area contributed by atoms with Gasteiger partial charge in [-0.15, -0.1) is 0 Å². The van der Waals surface area contributed by atoms with Gasteiger partial charge in [0.25, 0.3) is 5.91 Å². The maximum absolute atomic E-state index is 13.8. The maximum Gasteiger partial charge on any atom is 0.299 e. The van der Waals surface area contributed by atoms with Crippen LogP contribution in [0.1, 0.15) is 23.1 Å². The molecule has 0 aliphatic rings. The molecule has 0 saturated carbocycles. The summed E-state index contributed by atoms with van der Waals surface area (Å²) in [5, 5.41) is 3.93. The lowest BCUT2D eigenvalue weighted by Gasteiger charge is -2.11. The summed E-state index contributed by atoms with van der Waals surface area (Å²) in [5.41, 5.74) is 1.74. The van der Waals surface area contributed by atoms with Crippen molar-refractivity contribution in [3.8, 4) is 5.69 Å². The molecule has 110 valence electrons. The number of nitrogens with zero attached hydrogens (tertiary/aromatic N) is 2. The molecule has 0 bridgehead atoms. The molecule has 0 fully saturated rings. The van der Waals surface area contributed by atoms with E-state index in [-0.39, 0.29) is 18.0 Å². The number of hydrogen-bond acceptors (Lipinski definition) is 4. The summed E-state index contributed by atoms with van der Waals surface area (Å²) in [6.45, 7) is 3.53. The lowest BCUT2D eigenvalue weighted by Crippen LogP contribution is -2.32. The molecule has 0 unspecified atom stereocenters. The monoisotopic (exact) mass is 291 g/mol. The minimum absolute atomic E-state index is 0.153. The molecule has 21 heavy (non-hydrogen) atoms. The molecule has 1 amide bonds. The van der Waals surface area contributed by atoms with E-state index in [0.717, 1.165) is 0 Å². The molecule has 1 aromatic carbocycles. The minimum Gasteiger partial charge on any atom is -0.287 e. The number of aromatic nitrogens is 2. The SMILES string of the molecule is CCONC(=O)c1nn(-c2ccccc2F)c(C)cc1=O. The zero-order chi connectivity index (χ0) is 15.4. The van der Waals surface area contributed by atoms with Crippen molar-refractivity contribution in [1.29, 1.82) is 0 Å². The van der Waals surface area contributed by atoms with Gasteiger partial charge in [-0.3, -0.25) is 14.4 Å². The van der Waals surface area contributed by atoms with E-state index in [9.17, 15) is 14.0 Å². The van der Waals surface area contributed by atoms with Gasteiger partial charge in [0.1, 0.15) is 11.5 Å². The molecule has 0 aliphatic heterocycles. The van der Waals surface area contributed by atoms with Crippen molar-refractivity contribution >= 4 is 5.91 Å². The van der Waals surface area contributed by atoms with Crippen LogP contribution >= 0.6 is 0 Å². The summed E-state index contributed by atoms with van der Waals surface area (Å²) >= 11 is 0. The molecule has 6 nitrogen and oxygen atoms in total. The maximum atomic E-state index is 13.8. The highest BCUT2D eigenvalue weighted by atomic mass is 19.1. The molecule has 0 radical (unpaired) electrons. The number of para-hydroxylation sites is 1. The average Bonchev–Trinajstić information content (AvgIpc) is 2.46. The number of halogens is 1. The first kappa shape index (κ1) is 14.9. The summed E-state index contributed by atoms with van der Waals surface area (Å²) in [7, 11) is 0. The molecule has 0 saturated heterocycles. The van der Waals surface area contributed by atoms with E-state index in [4.69, 9.17) is 4.84 Å².